The number of aliphatic carboxylic acids is 1. The van der Waals surface area contributed by atoms with Crippen molar-refractivity contribution in [3.8, 4) is 0 Å². The SMILES string of the molecule is CCC(C)C(NC(=O)C(C)NC(=O)C(CCCN=C(N)N)NC(=O)C(N)Cc1ccccc1)C(=O)O. The summed E-state index contributed by atoms with van der Waals surface area (Å²) in [5, 5.41) is 17.0. The summed E-state index contributed by atoms with van der Waals surface area (Å²) in [6.07, 6.45) is 1.39. The second-order valence-corrected chi connectivity index (χ2v) is 8.75. The first-order valence-electron chi connectivity index (χ1n) is 11.9. The van der Waals surface area contributed by atoms with Crippen LogP contribution in [-0.4, -0.2) is 65.5 Å². The second kappa shape index (κ2) is 15.4. The number of carbonyl (C=O) groups excluding carboxylic acids is 3. The minimum absolute atomic E-state index is 0.0930. The van der Waals surface area contributed by atoms with E-state index in [0.717, 1.165) is 5.56 Å². The summed E-state index contributed by atoms with van der Waals surface area (Å²) in [5.74, 6) is -3.35. The molecule has 10 N–H and O–H groups in total. The number of amides is 3. The van der Waals surface area contributed by atoms with Gasteiger partial charge in [-0.2, -0.15) is 0 Å². The summed E-state index contributed by atoms with van der Waals surface area (Å²) < 4.78 is 0. The lowest BCUT2D eigenvalue weighted by Crippen LogP contribution is -2.57. The molecule has 0 radical (unpaired) electrons. The predicted molar refractivity (Wildman–Crippen MR) is 137 cm³/mol. The van der Waals surface area contributed by atoms with Gasteiger partial charge in [-0.3, -0.25) is 19.4 Å². The van der Waals surface area contributed by atoms with Gasteiger partial charge in [-0.05, 0) is 37.7 Å². The van der Waals surface area contributed by atoms with Crippen LogP contribution < -0.4 is 33.2 Å². The van der Waals surface area contributed by atoms with E-state index in [1.165, 1.54) is 6.92 Å². The maximum Gasteiger partial charge on any atom is 0.326 e. The van der Waals surface area contributed by atoms with Crippen LogP contribution in [0.5, 0.6) is 0 Å². The molecule has 0 spiro atoms. The quantitative estimate of drug-likeness (QED) is 0.0908. The van der Waals surface area contributed by atoms with E-state index < -0.39 is 47.9 Å². The van der Waals surface area contributed by atoms with Crippen LogP contribution in [-0.2, 0) is 25.6 Å². The van der Waals surface area contributed by atoms with Gasteiger partial charge in [-0.25, -0.2) is 4.79 Å². The van der Waals surface area contributed by atoms with Crippen molar-refractivity contribution in [1.29, 1.82) is 0 Å². The van der Waals surface area contributed by atoms with E-state index in [-0.39, 0.29) is 31.3 Å². The lowest BCUT2D eigenvalue weighted by atomic mass is 9.99. The molecule has 0 heterocycles. The van der Waals surface area contributed by atoms with Crippen molar-refractivity contribution in [2.45, 2.75) is 70.6 Å². The molecule has 200 valence electrons. The second-order valence-electron chi connectivity index (χ2n) is 8.75. The summed E-state index contributed by atoms with van der Waals surface area (Å²) in [4.78, 5) is 53.6. The largest absolute Gasteiger partial charge is 0.480 e. The molecule has 5 atom stereocenters. The van der Waals surface area contributed by atoms with Crippen molar-refractivity contribution in [3.63, 3.8) is 0 Å². The molecule has 0 saturated heterocycles. The van der Waals surface area contributed by atoms with Gasteiger partial charge in [0.25, 0.3) is 0 Å². The maximum absolute atomic E-state index is 13.0. The zero-order valence-electron chi connectivity index (χ0n) is 21.1. The van der Waals surface area contributed by atoms with Gasteiger partial charge in [-0.1, -0.05) is 50.6 Å². The molecule has 3 amide bonds. The zero-order valence-corrected chi connectivity index (χ0v) is 21.1. The van der Waals surface area contributed by atoms with E-state index in [1.807, 2.05) is 37.3 Å². The Morgan fingerprint density at radius 2 is 1.61 bits per heavy atom. The Kier molecular flexibility index (Phi) is 12.9. The van der Waals surface area contributed by atoms with Gasteiger partial charge in [0, 0.05) is 6.54 Å². The van der Waals surface area contributed by atoms with Crippen molar-refractivity contribution in [3.05, 3.63) is 35.9 Å². The molecule has 12 heteroatoms. The van der Waals surface area contributed by atoms with E-state index >= 15 is 0 Å². The predicted octanol–water partition coefficient (Wildman–Crippen LogP) is -0.785. The molecule has 12 nitrogen and oxygen atoms in total. The normalized spacial score (nSPS) is 14.9. The number of nitrogens with zero attached hydrogens (tertiary/aromatic N) is 1. The van der Waals surface area contributed by atoms with Crippen LogP contribution in [0.15, 0.2) is 35.3 Å². The van der Waals surface area contributed by atoms with Gasteiger partial charge >= 0.3 is 5.97 Å². The average molecular weight is 506 g/mol. The molecule has 0 fully saturated rings. The number of nitrogens with two attached hydrogens (primary N) is 3. The van der Waals surface area contributed by atoms with Crippen molar-refractivity contribution < 1.29 is 24.3 Å². The van der Waals surface area contributed by atoms with Crippen LogP contribution in [0.3, 0.4) is 0 Å². The molecule has 5 unspecified atom stereocenters. The fourth-order valence-corrected chi connectivity index (χ4v) is 3.35. The lowest BCUT2D eigenvalue weighted by Gasteiger charge is -2.25. The molecule has 1 aromatic rings. The van der Waals surface area contributed by atoms with Crippen LogP contribution in [0.1, 0.15) is 45.6 Å². The van der Waals surface area contributed by atoms with Gasteiger partial charge < -0.3 is 38.3 Å². The Morgan fingerprint density at radius 3 is 2.17 bits per heavy atom. The van der Waals surface area contributed by atoms with Crippen LogP contribution in [0.4, 0.5) is 0 Å². The van der Waals surface area contributed by atoms with Crippen LogP contribution in [0.25, 0.3) is 0 Å². The van der Waals surface area contributed by atoms with Crippen LogP contribution in [0, 0.1) is 5.92 Å². The molecule has 0 aliphatic rings. The zero-order chi connectivity index (χ0) is 27.3. The maximum atomic E-state index is 13.0. The molecule has 1 rings (SSSR count). The summed E-state index contributed by atoms with van der Waals surface area (Å²) in [5.41, 5.74) is 17.6. The third kappa shape index (κ3) is 10.7. The van der Waals surface area contributed by atoms with E-state index in [1.54, 1.807) is 6.92 Å². The first-order valence-corrected chi connectivity index (χ1v) is 11.9. The van der Waals surface area contributed by atoms with Crippen molar-refractivity contribution >= 4 is 29.7 Å². The van der Waals surface area contributed by atoms with Crippen molar-refractivity contribution in [2.75, 3.05) is 6.54 Å². The van der Waals surface area contributed by atoms with E-state index in [0.29, 0.717) is 12.8 Å². The minimum Gasteiger partial charge on any atom is -0.480 e. The van der Waals surface area contributed by atoms with Gasteiger partial charge in [-0.15, -0.1) is 0 Å². The number of carboxylic acids is 1. The third-order valence-electron chi connectivity index (χ3n) is 5.74. The molecular formula is C24H39N7O5. The Balaban J connectivity index is 2.85. The van der Waals surface area contributed by atoms with Crippen LogP contribution in [0.2, 0.25) is 0 Å². The van der Waals surface area contributed by atoms with Crippen LogP contribution >= 0.6 is 0 Å². The highest BCUT2D eigenvalue weighted by molar-refractivity contribution is 5.94. The molecule has 0 aliphatic carbocycles. The van der Waals surface area contributed by atoms with Gasteiger partial charge in [0.05, 0.1) is 6.04 Å². The Bertz CT molecular complexity index is 905. The third-order valence-corrected chi connectivity index (χ3v) is 5.74. The highest BCUT2D eigenvalue weighted by Crippen LogP contribution is 2.09. The summed E-state index contributed by atoms with van der Waals surface area (Å²) in [7, 11) is 0. The average Bonchev–Trinajstić information content (AvgIpc) is 2.83. The van der Waals surface area contributed by atoms with Gasteiger partial charge in [0.1, 0.15) is 18.1 Å². The first-order chi connectivity index (χ1) is 17.0. The highest BCUT2D eigenvalue weighted by Gasteiger charge is 2.30. The number of hydrogen-bond donors (Lipinski definition) is 7. The molecule has 1 aromatic carbocycles. The standard InChI is InChI=1S/C24H39N7O5/c1-4-14(2)19(23(35)36)31-20(32)15(3)29-22(34)18(11-8-12-28-24(26)27)30-21(33)17(25)13-16-9-6-5-7-10-16/h5-7,9-10,14-15,17-19H,4,8,11-13,25H2,1-3H3,(H,29,34)(H,30,33)(H,31,32)(H,35,36)(H4,26,27,28). The summed E-state index contributed by atoms with van der Waals surface area (Å²) >= 11 is 0. The number of hydrogen-bond acceptors (Lipinski definition) is 6. The Hall–Kier alpha value is -3.67. The molecule has 0 aromatic heterocycles. The number of carbonyl (C=O) groups is 4. The summed E-state index contributed by atoms with van der Waals surface area (Å²) in [6, 6.07) is 5.18. The van der Waals surface area contributed by atoms with Gasteiger partial charge in [0.2, 0.25) is 17.7 Å². The minimum atomic E-state index is -1.16. The van der Waals surface area contributed by atoms with Crippen molar-refractivity contribution in [2.24, 2.45) is 28.1 Å². The highest BCUT2D eigenvalue weighted by atomic mass is 16.4. The molecule has 36 heavy (non-hydrogen) atoms. The Labute approximate surface area is 211 Å². The molecule has 0 bridgehead atoms. The Morgan fingerprint density at radius 1 is 0.972 bits per heavy atom. The molecule has 0 saturated carbocycles. The number of carboxylic acid groups (broad SMARTS) is 1. The fourth-order valence-electron chi connectivity index (χ4n) is 3.35. The van der Waals surface area contributed by atoms with E-state index in [2.05, 4.69) is 20.9 Å². The number of benzene rings is 1. The van der Waals surface area contributed by atoms with Gasteiger partial charge in [0.15, 0.2) is 5.96 Å². The summed E-state index contributed by atoms with van der Waals surface area (Å²) in [6.45, 7) is 5.20. The fraction of sp³-hybridized carbons (Fsp3) is 0.542. The number of rotatable bonds is 15. The molecular weight excluding hydrogens is 466 g/mol. The van der Waals surface area contributed by atoms with Crippen molar-refractivity contribution in [1.82, 2.24) is 16.0 Å². The number of nitrogens with one attached hydrogen (secondary N) is 3. The molecule has 0 aliphatic heterocycles. The van der Waals surface area contributed by atoms with E-state index in [9.17, 15) is 24.3 Å². The number of guanidine groups is 1. The monoisotopic (exact) mass is 505 g/mol. The smallest absolute Gasteiger partial charge is 0.326 e. The number of aliphatic imine (C=N–C) groups is 1. The topological polar surface area (TPSA) is 215 Å². The van der Waals surface area contributed by atoms with E-state index in [4.69, 9.17) is 17.2 Å². The lowest BCUT2D eigenvalue weighted by molar-refractivity contribution is -0.143. The first kappa shape index (κ1) is 30.4.